The molecule has 8 nitrogen and oxygen atoms in total. The minimum absolute atomic E-state index is 0.141. The number of rotatable bonds is 8. The molecule has 0 aliphatic rings. The maximum atomic E-state index is 11.1. The highest BCUT2D eigenvalue weighted by Gasteiger charge is 2.13. The fourth-order valence-electron chi connectivity index (χ4n) is 2.39. The second-order valence-corrected chi connectivity index (χ2v) is 5.70. The van der Waals surface area contributed by atoms with E-state index in [0.29, 0.717) is 0 Å². The lowest BCUT2D eigenvalue weighted by molar-refractivity contribution is 0.0673. The van der Waals surface area contributed by atoms with Crippen LogP contribution in [0.4, 0.5) is 0 Å². The Morgan fingerprint density at radius 1 is 0.714 bits per heavy atom. The van der Waals surface area contributed by atoms with Crippen LogP contribution in [0.25, 0.3) is 0 Å². The summed E-state index contributed by atoms with van der Waals surface area (Å²) in [5.74, 6) is -1.92. The van der Waals surface area contributed by atoms with Gasteiger partial charge >= 0.3 is 11.9 Å². The summed E-state index contributed by atoms with van der Waals surface area (Å²) in [6.45, 7) is 0.359. The molecular formula is C20H16N2O6. The minimum Gasteiger partial charge on any atom is -0.486 e. The number of nitrogens with zero attached hydrogens (tertiary/aromatic N) is 2. The Hall–Kier alpha value is -3.94. The fourth-order valence-corrected chi connectivity index (χ4v) is 2.39. The lowest BCUT2D eigenvalue weighted by atomic mass is 10.1. The van der Waals surface area contributed by atoms with Crippen molar-refractivity contribution < 1.29 is 29.3 Å². The summed E-state index contributed by atoms with van der Waals surface area (Å²) in [5, 5.41) is 18.2. The van der Waals surface area contributed by atoms with Crippen LogP contribution in [0.5, 0.6) is 11.5 Å². The smallest absolute Gasteiger partial charge is 0.358 e. The summed E-state index contributed by atoms with van der Waals surface area (Å²) >= 11 is 0. The first-order valence-corrected chi connectivity index (χ1v) is 8.24. The summed E-state index contributed by atoms with van der Waals surface area (Å²) < 4.78 is 11.1. The van der Waals surface area contributed by atoms with Gasteiger partial charge in [0.25, 0.3) is 0 Å². The van der Waals surface area contributed by atoms with Gasteiger partial charge in [-0.3, -0.25) is 0 Å². The van der Waals surface area contributed by atoms with Crippen molar-refractivity contribution in [3.05, 3.63) is 83.4 Å². The van der Waals surface area contributed by atoms with Gasteiger partial charge in [-0.1, -0.05) is 24.3 Å². The first-order valence-electron chi connectivity index (χ1n) is 8.24. The fraction of sp³-hybridized carbons (Fsp3) is 0.100. The number of ether oxygens (including phenoxy) is 2. The number of pyridine rings is 2. The number of carbonyl (C=O) groups is 2. The van der Waals surface area contributed by atoms with Gasteiger partial charge in [-0.2, -0.15) is 0 Å². The van der Waals surface area contributed by atoms with E-state index in [9.17, 15) is 9.59 Å². The Bertz CT molecular complexity index is 907. The third-order valence-electron chi connectivity index (χ3n) is 3.76. The van der Waals surface area contributed by atoms with Crippen molar-refractivity contribution in [2.24, 2.45) is 0 Å². The first-order chi connectivity index (χ1) is 13.5. The lowest BCUT2D eigenvalue weighted by Crippen LogP contribution is -2.06. The van der Waals surface area contributed by atoms with E-state index >= 15 is 0 Å². The molecule has 2 N–H and O–H groups in total. The Labute approximate surface area is 160 Å². The van der Waals surface area contributed by atoms with Crippen LogP contribution in [0, 0.1) is 0 Å². The van der Waals surface area contributed by atoms with Crippen LogP contribution in [0.15, 0.2) is 60.9 Å². The SMILES string of the molecule is O=C(O)c1ncccc1OCc1ccc(COc2cccnc2C(=O)O)cc1. The van der Waals surface area contributed by atoms with Crippen LogP contribution in [0.2, 0.25) is 0 Å². The molecule has 0 amide bonds. The van der Waals surface area contributed by atoms with Gasteiger partial charge in [-0.25, -0.2) is 19.6 Å². The summed E-state index contributed by atoms with van der Waals surface area (Å²) in [5.41, 5.74) is 1.38. The molecule has 2 aromatic heterocycles. The van der Waals surface area contributed by atoms with Crippen molar-refractivity contribution >= 4 is 11.9 Å². The van der Waals surface area contributed by atoms with E-state index < -0.39 is 11.9 Å². The zero-order chi connectivity index (χ0) is 19.9. The van der Waals surface area contributed by atoms with Gasteiger partial charge in [0.15, 0.2) is 22.9 Å². The molecule has 0 fully saturated rings. The molecule has 28 heavy (non-hydrogen) atoms. The van der Waals surface area contributed by atoms with Crippen molar-refractivity contribution in [3.63, 3.8) is 0 Å². The Balaban J connectivity index is 1.60. The van der Waals surface area contributed by atoms with E-state index in [4.69, 9.17) is 19.7 Å². The number of hydrogen-bond acceptors (Lipinski definition) is 6. The Morgan fingerprint density at radius 2 is 1.11 bits per heavy atom. The maximum absolute atomic E-state index is 11.1. The van der Waals surface area contributed by atoms with E-state index in [1.54, 1.807) is 24.3 Å². The molecule has 0 spiro atoms. The molecule has 8 heteroatoms. The molecule has 0 unspecified atom stereocenters. The number of carboxylic acids is 2. The van der Waals surface area contributed by atoms with Crippen LogP contribution >= 0.6 is 0 Å². The van der Waals surface area contributed by atoms with Gasteiger partial charge in [0.2, 0.25) is 0 Å². The molecule has 3 aromatic rings. The lowest BCUT2D eigenvalue weighted by Gasteiger charge is -2.10. The average Bonchev–Trinajstić information content (AvgIpc) is 2.71. The summed E-state index contributed by atoms with van der Waals surface area (Å²) in [4.78, 5) is 29.8. The second kappa shape index (κ2) is 8.63. The summed E-state index contributed by atoms with van der Waals surface area (Å²) in [7, 11) is 0. The van der Waals surface area contributed by atoms with Gasteiger partial charge in [0.05, 0.1) is 0 Å². The Morgan fingerprint density at radius 3 is 1.46 bits per heavy atom. The van der Waals surface area contributed by atoms with Crippen molar-refractivity contribution in [1.82, 2.24) is 9.97 Å². The van der Waals surface area contributed by atoms with Gasteiger partial charge in [-0.05, 0) is 35.4 Å². The number of hydrogen-bond donors (Lipinski definition) is 2. The van der Waals surface area contributed by atoms with Crippen LogP contribution in [-0.2, 0) is 13.2 Å². The van der Waals surface area contributed by atoms with Gasteiger partial charge in [0, 0.05) is 12.4 Å². The van der Waals surface area contributed by atoms with Crippen LogP contribution in [0.1, 0.15) is 32.1 Å². The van der Waals surface area contributed by atoms with Crippen molar-refractivity contribution in [3.8, 4) is 11.5 Å². The van der Waals surface area contributed by atoms with Crippen molar-refractivity contribution in [2.75, 3.05) is 0 Å². The minimum atomic E-state index is -1.15. The summed E-state index contributed by atoms with van der Waals surface area (Å²) in [6.07, 6.45) is 2.78. The van der Waals surface area contributed by atoms with Gasteiger partial charge < -0.3 is 19.7 Å². The summed E-state index contributed by atoms with van der Waals surface area (Å²) in [6, 6.07) is 13.6. The number of carboxylic acid groups (broad SMARTS) is 2. The van der Waals surface area contributed by atoms with E-state index in [1.165, 1.54) is 12.4 Å². The zero-order valence-electron chi connectivity index (χ0n) is 14.6. The van der Waals surface area contributed by atoms with Crippen LogP contribution in [-0.4, -0.2) is 32.1 Å². The average molecular weight is 380 g/mol. The molecule has 142 valence electrons. The van der Waals surface area contributed by atoms with Gasteiger partial charge in [0.1, 0.15) is 13.2 Å². The quantitative estimate of drug-likeness (QED) is 0.612. The number of aromatic nitrogens is 2. The molecule has 2 heterocycles. The molecule has 0 radical (unpaired) electrons. The van der Waals surface area contributed by atoms with Crippen molar-refractivity contribution in [2.45, 2.75) is 13.2 Å². The van der Waals surface area contributed by atoms with E-state index in [-0.39, 0.29) is 36.1 Å². The first kappa shape index (κ1) is 18.8. The maximum Gasteiger partial charge on any atom is 0.358 e. The molecule has 0 atom stereocenters. The third-order valence-corrected chi connectivity index (χ3v) is 3.76. The third kappa shape index (κ3) is 4.61. The van der Waals surface area contributed by atoms with Crippen LogP contribution < -0.4 is 9.47 Å². The highest BCUT2D eigenvalue weighted by Crippen LogP contribution is 2.19. The highest BCUT2D eigenvalue weighted by atomic mass is 16.5. The second-order valence-electron chi connectivity index (χ2n) is 5.70. The number of benzene rings is 1. The standard InChI is InChI=1S/C20H16N2O6/c23-19(24)17-15(3-1-9-21-17)27-11-13-5-7-14(8-6-13)12-28-16-4-2-10-22-18(16)20(25)26/h1-10H,11-12H2,(H,23,24)(H,25,26). The topological polar surface area (TPSA) is 119 Å². The van der Waals surface area contributed by atoms with E-state index in [1.807, 2.05) is 24.3 Å². The van der Waals surface area contributed by atoms with Gasteiger partial charge in [-0.15, -0.1) is 0 Å². The molecular weight excluding hydrogens is 364 g/mol. The zero-order valence-corrected chi connectivity index (χ0v) is 14.6. The molecule has 0 aliphatic carbocycles. The molecule has 0 aliphatic heterocycles. The number of aromatic carboxylic acids is 2. The van der Waals surface area contributed by atoms with E-state index in [0.717, 1.165) is 11.1 Å². The predicted octanol–water partition coefficient (Wildman–Crippen LogP) is 3.03. The molecule has 1 aromatic carbocycles. The highest BCUT2D eigenvalue weighted by molar-refractivity contribution is 5.88. The normalized spacial score (nSPS) is 10.3. The molecule has 0 saturated carbocycles. The Kier molecular flexibility index (Phi) is 5.81. The molecule has 0 bridgehead atoms. The predicted molar refractivity (Wildman–Crippen MR) is 97.5 cm³/mol. The van der Waals surface area contributed by atoms with Crippen molar-refractivity contribution in [1.29, 1.82) is 0 Å². The largest absolute Gasteiger partial charge is 0.486 e. The molecule has 0 saturated heterocycles. The van der Waals surface area contributed by atoms with E-state index in [2.05, 4.69) is 9.97 Å². The van der Waals surface area contributed by atoms with Crippen LogP contribution in [0.3, 0.4) is 0 Å². The molecule has 3 rings (SSSR count). The monoisotopic (exact) mass is 380 g/mol.